The number of aryl methyl sites for hydroxylation is 2. The summed E-state index contributed by atoms with van der Waals surface area (Å²) in [7, 11) is 0. The number of amides is 1. The number of hydrogen-bond donors (Lipinski definition) is 1. The minimum atomic E-state index is -0.306. The molecule has 2 rings (SSSR count). The molecule has 0 unspecified atom stereocenters. The van der Waals surface area contributed by atoms with Crippen LogP contribution in [0.2, 0.25) is 0 Å². The number of thioether (sulfide) groups is 1. The van der Waals surface area contributed by atoms with Crippen LogP contribution in [0.5, 0.6) is 0 Å². The third kappa shape index (κ3) is 5.15. The van der Waals surface area contributed by atoms with Gasteiger partial charge in [0.15, 0.2) is 5.16 Å². The van der Waals surface area contributed by atoms with E-state index in [-0.39, 0.29) is 17.5 Å². The van der Waals surface area contributed by atoms with Gasteiger partial charge in [0.1, 0.15) is 5.82 Å². The molecule has 2 aromatic rings. The standard InChI is InChI=1S/C15H16FN3OS/c1-10-6-11(2)19-15(18-10)21-9-14(20)17-8-12-4-3-5-13(16)7-12/h3-7H,8-9H2,1-2H3,(H,17,20). The van der Waals surface area contributed by atoms with Crippen molar-refractivity contribution in [1.29, 1.82) is 0 Å². The van der Waals surface area contributed by atoms with Crippen molar-refractivity contribution in [2.45, 2.75) is 25.5 Å². The van der Waals surface area contributed by atoms with Crippen LogP contribution in [0.3, 0.4) is 0 Å². The fourth-order valence-electron chi connectivity index (χ4n) is 1.79. The minimum Gasteiger partial charge on any atom is -0.351 e. The highest BCUT2D eigenvalue weighted by Crippen LogP contribution is 2.13. The Labute approximate surface area is 127 Å². The maximum Gasteiger partial charge on any atom is 0.230 e. The van der Waals surface area contributed by atoms with Crippen molar-refractivity contribution in [3.63, 3.8) is 0 Å². The zero-order chi connectivity index (χ0) is 15.2. The molecule has 0 aliphatic carbocycles. The zero-order valence-corrected chi connectivity index (χ0v) is 12.7. The van der Waals surface area contributed by atoms with Gasteiger partial charge < -0.3 is 5.32 Å². The van der Waals surface area contributed by atoms with E-state index in [1.165, 1.54) is 23.9 Å². The van der Waals surface area contributed by atoms with Crippen LogP contribution < -0.4 is 5.32 Å². The Kier molecular flexibility index (Phi) is 5.27. The van der Waals surface area contributed by atoms with Crippen molar-refractivity contribution < 1.29 is 9.18 Å². The molecule has 0 saturated carbocycles. The molecular formula is C15H16FN3OS. The van der Waals surface area contributed by atoms with Crippen LogP contribution >= 0.6 is 11.8 Å². The summed E-state index contributed by atoms with van der Waals surface area (Å²) in [6, 6.07) is 8.05. The molecule has 21 heavy (non-hydrogen) atoms. The third-order valence-electron chi connectivity index (χ3n) is 2.67. The van der Waals surface area contributed by atoms with Crippen LogP contribution in [-0.4, -0.2) is 21.6 Å². The average molecular weight is 305 g/mol. The lowest BCUT2D eigenvalue weighted by molar-refractivity contribution is -0.118. The normalized spacial score (nSPS) is 10.4. The Balaban J connectivity index is 1.82. The summed E-state index contributed by atoms with van der Waals surface area (Å²) in [5, 5.41) is 3.33. The van der Waals surface area contributed by atoms with Crippen molar-refractivity contribution in [2.75, 3.05) is 5.75 Å². The van der Waals surface area contributed by atoms with E-state index < -0.39 is 0 Å². The van der Waals surface area contributed by atoms with E-state index in [0.717, 1.165) is 17.0 Å². The lowest BCUT2D eigenvalue weighted by atomic mass is 10.2. The maximum atomic E-state index is 13.0. The Morgan fingerprint density at radius 1 is 1.24 bits per heavy atom. The van der Waals surface area contributed by atoms with Crippen LogP contribution in [0, 0.1) is 19.7 Å². The number of nitrogens with zero attached hydrogens (tertiary/aromatic N) is 2. The first-order valence-corrected chi connectivity index (χ1v) is 7.48. The molecule has 1 N–H and O–H groups in total. The number of halogens is 1. The van der Waals surface area contributed by atoms with Crippen LogP contribution in [0.25, 0.3) is 0 Å². The van der Waals surface area contributed by atoms with E-state index in [4.69, 9.17) is 0 Å². The first-order valence-electron chi connectivity index (χ1n) is 6.49. The molecular weight excluding hydrogens is 289 g/mol. The number of carbonyl (C=O) groups excluding carboxylic acids is 1. The van der Waals surface area contributed by atoms with Crippen molar-refractivity contribution >= 4 is 17.7 Å². The summed E-state index contributed by atoms with van der Waals surface area (Å²) in [6.07, 6.45) is 0. The van der Waals surface area contributed by atoms with E-state index in [2.05, 4.69) is 15.3 Å². The monoisotopic (exact) mass is 305 g/mol. The SMILES string of the molecule is Cc1cc(C)nc(SCC(=O)NCc2cccc(F)c2)n1. The Bertz CT molecular complexity index is 628. The first kappa shape index (κ1) is 15.4. The number of rotatable bonds is 5. The predicted octanol–water partition coefficient (Wildman–Crippen LogP) is 2.64. The summed E-state index contributed by atoms with van der Waals surface area (Å²) in [4.78, 5) is 20.3. The molecule has 1 amide bonds. The van der Waals surface area contributed by atoms with Crippen LogP contribution in [0.4, 0.5) is 4.39 Å². The predicted molar refractivity (Wildman–Crippen MR) is 80.5 cm³/mol. The highest BCUT2D eigenvalue weighted by molar-refractivity contribution is 7.99. The second-order valence-electron chi connectivity index (χ2n) is 4.63. The lowest BCUT2D eigenvalue weighted by Gasteiger charge is -2.06. The number of aromatic nitrogens is 2. The second kappa shape index (κ2) is 7.17. The van der Waals surface area contributed by atoms with Gasteiger partial charge in [-0.05, 0) is 37.6 Å². The lowest BCUT2D eigenvalue weighted by Crippen LogP contribution is -2.24. The number of carbonyl (C=O) groups is 1. The summed E-state index contributed by atoms with van der Waals surface area (Å²) in [6.45, 7) is 4.09. The molecule has 0 bridgehead atoms. The summed E-state index contributed by atoms with van der Waals surface area (Å²) in [5.74, 6) is -0.204. The molecule has 0 aliphatic rings. The van der Waals surface area contributed by atoms with Crippen LogP contribution in [0.15, 0.2) is 35.5 Å². The smallest absolute Gasteiger partial charge is 0.230 e. The molecule has 4 nitrogen and oxygen atoms in total. The van der Waals surface area contributed by atoms with E-state index in [1.807, 2.05) is 19.9 Å². The van der Waals surface area contributed by atoms with Gasteiger partial charge in [-0.3, -0.25) is 4.79 Å². The quantitative estimate of drug-likeness (QED) is 0.681. The molecule has 0 spiro atoms. The van der Waals surface area contributed by atoms with E-state index in [0.29, 0.717) is 11.7 Å². The highest BCUT2D eigenvalue weighted by atomic mass is 32.2. The summed E-state index contributed by atoms with van der Waals surface area (Å²) >= 11 is 1.29. The van der Waals surface area contributed by atoms with Gasteiger partial charge in [-0.25, -0.2) is 14.4 Å². The van der Waals surface area contributed by atoms with Crippen LogP contribution in [0.1, 0.15) is 17.0 Å². The minimum absolute atomic E-state index is 0.132. The maximum absolute atomic E-state index is 13.0. The van der Waals surface area contributed by atoms with Gasteiger partial charge >= 0.3 is 0 Å². The number of hydrogen-bond acceptors (Lipinski definition) is 4. The van der Waals surface area contributed by atoms with Crippen molar-refractivity contribution in [3.8, 4) is 0 Å². The molecule has 0 saturated heterocycles. The fraction of sp³-hybridized carbons (Fsp3) is 0.267. The molecule has 6 heteroatoms. The topological polar surface area (TPSA) is 54.9 Å². The van der Waals surface area contributed by atoms with Gasteiger partial charge in [0.25, 0.3) is 0 Å². The van der Waals surface area contributed by atoms with Gasteiger partial charge in [0, 0.05) is 17.9 Å². The number of benzene rings is 1. The fourth-order valence-corrected chi connectivity index (χ4v) is 2.57. The molecule has 1 heterocycles. The molecule has 1 aromatic carbocycles. The second-order valence-corrected chi connectivity index (χ2v) is 5.57. The van der Waals surface area contributed by atoms with Gasteiger partial charge in [0.2, 0.25) is 5.91 Å². The Morgan fingerprint density at radius 3 is 2.62 bits per heavy atom. The molecule has 0 radical (unpaired) electrons. The zero-order valence-electron chi connectivity index (χ0n) is 11.9. The van der Waals surface area contributed by atoms with Crippen molar-refractivity contribution in [2.24, 2.45) is 0 Å². The van der Waals surface area contributed by atoms with Gasteiger partial charge in [-0.1, -0.05) is 23.9 Å². The molecule has 110 valence electrons. The van der Waals surface area contributed by atoms with Crippen LogP contribution in [-0.2, 0) is 11.3 Å². The summed E-state index contributed by atoms with van der Waals surface area (Å²) in [5.41, 5.74) is 2.49. The molecule has 0 fully saturated rings. The first-order chi connectivity index (χ1) is 10.0. The van der Waals surface area contributed by atoms with Gasteiger partial charge in [-0.2, -0.15) is 0 Å². The summed E-state index contributed by atoms with van der Waals surface area (Å²) < 4.78 is 13.0. The third-order valence-corrected chi connectivity index (χ3v) is 3.52. The largest absolute Gasteiger partial charge is 0.351 e. The van der Waals surface area contributed by atoms with E-state index >= 15 is 0 Å². The number of nitrogens with one attached hydrogen (secondary N) is 1. The average Bonchev–Trinajstić information content (AvgIpc) is 2.42. The van der Waals surface area contributed by atoms with Crippen molar-refractivity contribution in [1.82, 2.24) is 15.3 Å². The Hall–Kier alpha value is -1.95. The molecule has 1 aromatic heterocycles. The Morgan fingerprint density at radius 2 is 1.95 bits per heavy atom. The molecule has 0 aliphatic heterocycles. The highest BCUT2D eigenvalue weighted by Gasteiger charge is 2.06. The van der Waals surface area contributed by atoms with Gasteiger partial charge in [0.05, 0.1) is 5.75 Å². The van der Waals surface area contributed by atoms with Crippen molar-refractivity contribution in [3.05, 3.63) is 53.1 Å². The van der Waals surface area contributed by atoms with E-state index in [9.17, 15) is 9.18 Å². The molecule has 0 atom stereocenters. The van der Waals surface area contributed by atoms with Gasteiger partial charge in [-0.15, -0.1) is 0 Å². The van der Waals surface area contributed by atoms with E-state index in [1.54, 1.807) is 12.1 Å².